The molecule has 1 aliphatic carbocycles. The van der Waals surface area contributed by atoms with Gasteiger partial charge in [0.1, 0.15) is 6.33 Å². The fourth-order valence-electron chi connectivity index (χ4n) is 1.52. The number of carboxylic acid groups (broad SMARTS) is 1. The zero-order valence-corrected chi connectivity index (χ0v) is 7.05. The SMILES string of the molecule is O=C(O)C(c1cncnc1)C1CC1. The van der Waals surface area contributed by atoms with Gasteiger partial charge in [0.25, 0.3) is 0 Å². The summed E-state index contributed by atoms with van der Waals surface area (Å²) >= 11 is 0. The largest absolute Gasteiger partial charge is 0.481 e. The summed E-state index contributed by atoms with van der Waals surface area (Å²) in [5.74, 6) is -0.873. The van der Waals surface area contributed by atoms with Gasteiger partial charge in [-0.3, -0.25) is 4.79 Å². The van der Waals surface area contributed by atoms with E-state index in [-0.39, 0.29) is 0 Å². The van der Waals surface area contributed by atoms with Gasteiger partial charge in [0.05, 0.1) is 5.92 Å². The highest BCUT2D eigenvalue weighted by atomic mass is 16.4. The Hall–Kier alpha value is -1.45. The summed E-state index contributed by atoms with van der Waals surface area (Å²) in [5.41, 5.74) is 0.720. The highest BCUT2D eigenvalue weighted by Gasteiger charge is 2.37. The van der Waals surface area contributed by atoms with E-state index in [2.05, 4.69) is 9.97 Å². The zero-order valence-electron chi connectivity index (χ0n) is 7.05. The Kier molecular flexibility index (Phi) is 1.96. The van der Waals surface area contributed by atoms with Crippen molar-refractivity contribution in [3.8, 4) is 0 Å². The summed E-state index contributed by atoms with van der Waals surface area (Å²) in [5, 5.41) is 8.98. The monoisotopic (exact) mass is 178 g/mol. The number of aromatic nitrogens is 2. The van der Waals surface area contributed by atoms with E-state index < -0.39 is 11.9 Å². The van der Waals surface area contributed by atoms with E-state index in [0.717, 1.165) is 18.4 Å². The fraction of sp³-hybridized carbons (Fsp3) is 0.444. The summed E-state index contributed by atoms with van der Waals surface area (Å²) in [6.07, 6.45) is 6.60. The predicted molar refractivity (Wildman–Crippen MR) is 45.1 cm³/mol. The third-order valence-electron chi connectivity index (χ3n) is 2.30. The lowest BCUT2D eigenvalue weighted by molar-refractivity contribution is -0.139. The van der Waals surface area contributed by atoms with E-state index in [1.807, 2.05) is 0 Å². The van der Waals surface area contributed by atoms with Crippen molar-refractivity contribution >= 4 is 5.97 Å². The third kappa shape index (κ3) is 1.66. The van der Waals surface area contributed by atoms with E-state index in [1.165, 1.54) is 6.33 Å². The molecule has 1 unspecified atom stereocenters. The van der Waals surface area contributed by atoms with Gasteiger partial charge in [-0.2, -0.15) is 0 Å². The molecule has 1 atom stereocenters. The van der Waals surface area contributed by atoms with Crippen molar-refractivity contribution in [1.29, 1.82) is 0 Å². The van der Waals surface area contributed by atoms with Crippen LogP contribution in [0.3, 0.4) is 0 Å². The number of hydrogen-bond acceptors (Lipinski definition) is 3. The van der Waals surface area contributed by atoms with Crippen LogP contribution in [0.25, 0.3) is 0 Å². The zero-order chi connectivity index (χ0) is 9.26. The summed E-state index contributed by atoms with van der Waals surface area (Å²) < 4.78 is 0. The Morgan fingerprint density at radius 1 is 1.46 bits per heavy atom. The van der Waals surface area contributed by atoms with Gasteiger partial charge >= 0.3 is 5.97 Å². The Labute approximate surface area is 75.6 Å². The van der Waals surface area contributed by atoms with Gasteiger partial charge in [-0.1, -0.05) is 0 Å². The van der Waals surface area contributed by atoms with Crippen LogP contribution in [0, 0.1) is 5.92 Å². The Morgan fingerprint density at radius 3 is 2.54 bits per heavy atom. The second kappa shape index (κ2) is 3.12. The molecule has 68 valence electrons. The topological polar surface area (TPSA) is 63.1 Å². The van der Waals surface area contributed by atoms with Crippen molar-refractivity contribution in [2.24, 2.45) is 5.92 Å². The van der Waals surface area contributed by atoms with Crippen molar-refractivity contribution in [3.63, 3.8) is 0 Å². The molecule has 0 saturated heterocycles. The first-order chi connectivity index (χ1) is 6.29. The first-order valence-electron chi connectivity index (χ1n) is 4.27. The minimum absolute atomic E-state index is 0.295. The fourth-order valence-corrected chi connectivity index (χ4v) is 1.52. The maximum atomic E-state index is 10.9. The lowest BCUT2D eigenvalue weighted by Gasteiger charge is -2.09. The number of nitrogens with zero attached hydrogens (tertiary/aromatic N) is 2. The third-order valence-corrected chi connectivity index (χ3v) is 2.30. The Bertz CT molecular complexity index is 309. The van der Waals surface area contributed by atoms with Gasteiger partial charge in [0.2, 0.25) is 0 Å². The molecular formula is C9H10N2O2. The van der Waals surface area contributed by atoms with Crippen LogP contribution in [-0.2, 0) is 4.79 Å². The lowest BCUT2D eigenvalue weighted by Crippen LogP contribution is -2.14. The first kappa shape index (κ1) is 8.16. The Morgan fingerprint density at radius 2 is 2.08 bits per heavy atom. The van der Waals surface area contributed by atoms with Crippen LogP contribution < -0.4 is 0 Å². The van der Waals surface area contributed by atoms with Crippen LogP contribution in [0.15, 0.2) is 18.7 Å². The van der Waals surface area contributed by atoms with Crippen molar-refractivity contribution in [2.75, 3.05) is 0 Å². The number of aliphatic carboxylic acids is 1. The highest BCUT2D eigenvalue weighted by molar-refractivity contribution is 5.76. The molecule has 1 heterocycles. The second-order valence-corrected chi connectivity index (χ2v) is 3.33. The molecule has 0 amide bonds. The summed E-state index contributed by atoms with van der Waals surface area (Å²) in [6, 6.07) is 0. The van der Waals surface area contributed by atoms with E-state index in [9.17, 15) is 4.79 Å². The van der Waals surface area contributed by atoms with E-state index in [4.69, 9.17) is 5.11 Å². The van der Waals surface area contributed by atoms with Crippen LogP contribution in [0.1, 0.15) is 24.3 Å². The average Bonchev–Trinajstić information content (AvgIpc) is 2.90. The van der Waals surface area contributed by atoms with Gasteiger partial charge in [-0.05, 0) is 18.8 Å². The minimum Gasteiger partial charge on any atom is -0.481 e. The Balaban J connectivity index is 2.25. The molecule has 0 radical (unpaired) electrons. The van der Waals surface area contributed by atoms with E-state index in [0.29, 0.717) is 5.92 Å². The number of carbonyl (C=O) groups is 1. The maximum absolute atomic E-state index is 10.9. The van der Waals surface area contributed by atoms with Gasteiger partial charge in [-0.25, -0.2) is 9.97 Å². The van der Waals surface area contributed by atoms with Gasteiger partial charge in [-0.15, -0.1) is 0 Å². The molecule has 1 saturated carbocycles. The van der Waals surface area contributed by atoms with Crippen LogP contribution in [0.5, 0.6) is 0 Å². The molecule has 1 aliphatic rings. The highest BCUT2D eigenvalue weighted by Crippen LogP contribution is 2.42. The summed E-state index contributed by atoms with van der Waals surface area (Å²) in [6.45, 7) is 0. The molecular weight excluding hydrogens is 168 g/mol. The van der Waals surface area contributed by atoms with Crippen LogP contribution in [-0.4, -0.2) is 21.0 Å². The predicted octanol–water partition coefficient (Wildman–Crippen LogP) is 1.05. The number of carboxylic acids is 1. The normalized spacial score (nSPS) is 18.2. The molecule has 4 heteroatoms. The van der Waals surface area contributed by atoms with Crippen molar-refractivity contribution in [3.05, 3.63) is 24.3 Å². The quantitative estimate of drug-likeness (QED) is 0.751. The molecule has 1 N–H and O–H groups in total. The van der Waals surface area contributed by atoms with Crippen LogP contribution in [0.2, 0.25) is 0 Å². The first-order valence-corrected chi connectivity index (χ1v) is 4.27. The van der Waals surface area contributed by atoms with Crippen molar-refractivity contribution in [1.82, 2.24) is 9.97 Å². The maximum Gasteiger partial charge on any atom is 0.311 e. The second-order valence-electron chi connectivity index (χ2n) is 3.33. The molecule has 1 aromatic rings. The van der Waals surface area contributed by atoms with Crippen molar-refractivity contribution < 1.29 is 9.90 Å². The molecule has 1 aromatic heterocycles. The molecule has 1 fully saturated rings. The molecule has 0 aliphatic heterocycles. The molecule has 13 heavy (non-hydrogen) atoms. The van der Waals surface area contributed by atoms with Crippen molar-refractivity contribution in [2.45, 2.75) is 18.8 Å². The molecule has 4 nitrogen and oxygen atoms in total. The average molecular weight is 178 g/mol. The standard InChI is InChI=1S/C9H10N2O2/c12-9(13)8(6-1-2-6)7-3-10-5-11-4-7/h3-6,8H,1-2H2,(H,12,13). The van der Waals surface area contributed by atoms with Crippen LogP contribution in [0.4, 0.5) is 0 Å². The molecule has 2 rings (SSSR count). The summed E-state index contributed by atoms with van der Waals surface area (Å²) in [4.78, 5) is 18.6. The van der Waals surface area contributed by atoms with Gasteiger partial charge in [0.15, 0.2) is 0 Å². The summed E-state index contributed by atoms with van der Waals surface area (Å²) in [7, 11) is 0. The molecule has 0 bridgehead atoms. The lowest BCUT2D eigenvalue weighted by atomic mass is 9.97. The van der Waals surface area contributed by atoms with Gasteiger partial charge in [0, 0.05) is 18.0 Å². The number of hydrogen-bond donors (Lipinski definition) is 1. The minimum atomic E-state index is -0.766. The molecule has 0 spiro atoms. The number of rotatable bonds is 3. The molecule has 0 aromatic carbocycles. The smallest absolute Gasteiger partial charge is 0.311 e. The van der Waals surface area contributed by atoms with Crippen LogP contribution >= 0.6 is 0 Å². The van der Waals surface area contributed by atoms with E-state index >= 15 is 0 Å². The van der Waals surface area contributed by atoms with Gasteiger partial charge < -0.3 is 5.11 Å². The van der Waals surface area contributed by atoms with E-state index in [1.54, 1.807) is 12.4 Å².